The minimum atomic E-state index is -0.686. The molecule has 32 heavy (non-hydrogen) atoms. The molecule has 0 aromatic heterocycles. The Hall–Kier alpha value is -0.870. The van der Waals surface area contributed by atoms with Gasteiger partial charge in [-0.25, -0.2) is 0 Å². The number of oxime groups is 1. The van der Waals surface area contributed by atoms with Gasteiger partial charge in [-0.15, -0.1) is 0 Å². The van der Waals surface area contributed by atoms with Gasteiger partial charge in [0, 0.05) is 6.54 Å². The zero-order chi connectivity index (χ0) is 23.0. The van der Waals surface area contributed by atoms with Crippen LogP contribution in [0.4, 0.5) is 0 Å². The molecule has 0 bridgehead atoms. The van der Waals surface area contributed by atoms with E-state index in [0.29, 0.717) is 23.4 Å². The highest BCUT2D eigenvalue weighted by Gasteiger charge is 2.59. The van der Waals surface area contributed by atoms with Crippen LogP contribution in [0.5, 0.6) is 0 Å². The SMILES string of the molecule is CC(C=NOCCCN(C)C)=C[C@]1(O)CC[C@@]2(C)[C@H](CC[C@H]3[C@@H]4CCC[C@@]4(C)CC[C@@H]32)C1. The molecule has 0 amide bonds. The van der Waals surface area contributed by atoms with Crippen molar-refractivity contribution in [3.05, 3.63) is 11.6 Å². The van der Waals surface area contributed by atoms with Gasteiger partial charge in [0.1, 0.15) is 6.61 Å². The highest BCUT2D eigenvalue weighted by molar-refractivity contribution is 5.77. The minimum absolute atomic E-state index is 0.421. The summed E-state index contributed by atoms with van der Waals surface area (Å²) in [5, 5.41) is 15.6. The van der Waals surface area contributed by atoms with Crippen LogP contribution in [-0.4, -0.2) is 49.1 Å². The fraction of sp³-hybridized carbons (Fsp3) is 0.893. The molecule has 4 nitrogen and oxygen atoms in total. The lowest BCUT2D eigenvalue weighted by Gasteiger charge is -2.61. The molecule has 0 unspecified atom stereocenters. The normalized spacial score (nSPS) is 44.4. The van der Waals surface area contributed by atoms with Crippen LogP contribution in [0, 0.1) is 34.5 Å². The molecule has 4 aliphatic rings. The van der Waals surface area contributed by atoms with Gasteiger partial charge in [-0.3, -0.25) is 0 Å². The molecule has 0 spiro atoms. The summed E-state index contributed by atoms with van der Waals surface area (Å²) in [4.78, 5) is 7.55. The molecule has 4 heteroatoms. The number of nitrogens with zero attached hydrogens (tertiary/aromatic N) is 2. The largest absolute Gasteiger partial charge is 0.396 e. The second kappa shape index (κ2) is 9.41. The van der Waals surface area contributed by atoms with Gasteiger partial charge in [-0.05, 0) is 131 Å². The number of fused-ring (bicyclic) bond motifs is 5. The Morgan fingerprint density at radius 1 is 1.06 bits per heavy atom. The first-order valence-electron chi connectivity index (χ1n) is 13.4. The quantitative estimate of drug-likeness (QED) is 0.295. The van der Waals surface area contributed by atoms with Crippen LogP contribution in [0.1, 0.15) is 91.4 Å². The average molecular weight is 445 g/mol. The van der Waals surface area contributed by atoms with E-state index in [0.717, 1.165) is 49.1 Å². The topological polar surface area (TPSA) is 45.1 Å². The van der Waals surface area contributed by atoms with Gasteiger partial charge in [-0.1, -0.05) is 25.4 Å². The van der Waals surface area contributed by atoms with Crippen molar-refractivity contribution in [1.29, 1.82) is 0 Å². The number of rotatable bonds is 7. The number of hydrogen-bond acceptors (Lipinski definition) is 4. The summed E-state index contributed by atoms with van der Waals surface area (Å²) in [5.74, 6) is 3.44. The predicted octanol–water partition coefficient (Wildman–Crippen LogP) is 6.05. The van der Waals surface area contributed by atoms with E-state index in [1.807, 2.05) is 6.92 Å². The van der Waals surface area contributed by atoms with Gasteiger partial charge in [0.2, 0.25) is 0 Å². The smallest absolute Gasteiger partial charge is 0.118 e. The van der Waals surface area contributed by atoms with E-state index in [9.17, 15) is 5.11 Å². The monoisotopic (exact) mass is 444 g/mol. The second-order valence-corrected chi connectivity index (χ2v) is 12.7. The highest BCUT2D eigenvalue weighted by Crippen LogP contribution is 2.66. The molecule has 0 radical (unpaired) electrons. The van der Waals surface area contributed by atoms with E-state index in [-0.39, 0.29) is 0 Å². The first-order valence-corrected chi connectivity index (χ1v) is 13.4. The van der Waals surface area contributed by atoms with Crippen molar-refractivity contribution < 1.29 is 9.94 Å². The molecule has 1 N–H and O–H groups in total. The summed E-state index contributed by atoms with van der Waals surface area (Å²) < 4.78 is 0. The van der Waals surface area contributed by atoms with E-state index in [1.54, 1.807) is 6.21 Å². The van der Waals surface area contributed by atoms with Crippen molar-refractivity contribution in [3.8, 4) is 0 Å². The fourth-order valence-electron chi connectivity index (χ4n) is 8.48. The number of allylic oxidation sites excluding steroid dienone is 1. The Morgan fingerprint density at radius 3 is 2.66 bits per heavy atom. The summed E-state index contributed by atoms with van der Waals surface area (Å²) in [5.41, 5.74) is 1.38. The molecule has 0 aliphatic heterocycles. The lowest BCUT2D eigenvalue weighted by Crippen LogP contribution is -2.55. The lowest BCUT2D eigenvalue weighted by atomic mass is 9.44. The first-order chi connectivity index (χ1) is 15.2. The zero-order valence-electron chi connectivity index (χ0n) is 21.4. The third-order valence-corrected chi connectivity index (χ3v) is 10.2. The molecule has 182 valence electrons. The van der Waals surface area contributed by atoms with Crippen LogP contribution in [-0.2, 0) is 4.84 Å². The summed E-state index contributed by atoms with van der Waals surface area (Å²) in [6, 6.07) is 0. The summed E-state index contributed by atoms with van der Waals surface area (Å²) in [7, 11) is 4.14. The van der Waals surface area contributed by atoms with E-state index >= 15 is 0 Å². The Labute approximate surface area is 196 Å². The van der Waals surface area contributed by atoms with Gasteiger partial charge in [0.05, 0.1) is 11.8 Å². The van der Waals surface area contributed by atoms with E-state index in [2.05, 4.69) is 44.1 Å². The summed E-state index contributed by atoms with van der Waals surface area (Å²) in [6.07, 6.45) is 17.8. The third-order valence-electron chi connectivity index (χ3n) is 10.2. The molecule has 0 heterocycles. The third kappa shape index (κ3) is 4.82. The van der Waals surface area contributed by atoms with Crippen molar-refractivity contribution in [2.24, 2.45) is 39.7 Å². The van der Waals surface area contributed by atoms with Gasteiger partial charge >= 0.3 is 0 Å². The minimum Gasteiger partial charge on any atom is -0.396 e. The Balaban J connectivity index is 1.36. The maximum absolute atomic E-state index is 11.5. The van der Waals surface area contributed by atoms with Crippen LogP contribution in [0.15, 0.2) is 16.8 Å². The standard InChI is InChI=1S/C28H48N2O2/c1-21(20-29-32-17-7-16-30(4)5)18-28(31)15-14-27(3)22(19-28)9-10-23-24-8-6-12-26(24,2)13-11-25(23)27/h18,20,22-25,31H,6-17,19H2,1-5H3/t22-,23+,24+,25+,26+,27+,28-/m1/s1. The van der Waals surface area contributed by atoms with Crippen molar-refractivity contribution in [2.75, 3.05) is 27.2 Å². The summed E-state index contributed by atoms with van der Waals surface area (Å²) >= 11 is 0. The molecule has 7 atom stereocenters. The maximum Gasteiger partial charge on any atom is 0.118 e. The number of aliphatic hydroxyl groups is 1. The number of hydrogen-bond donors (Lipinski definition) is 1. The van der Waals surface area contributed by atoms with E-state index in [4.69, 9.17) is 4.84 Å². The van der Waals surface area contributed by atoms with Crippen LogP contribution in [0.3, 0.4) is 0 Å². The van der Waals surface area contributed by atoms with E-state index in [1.165, 1.54) is 51.4 Å². The van der Waals surface area contributed by atoms with Crippen molar-refractivity contribution in [1.82, 2.24) is 4.90 Å². The molecule has 4 fully saturated rings. The average Bonchev–Trinajstić information content (AvgIpc) is 3.13. The molecule has 4 rings (SSSR count). The maximum atomic E-state index is 11.5. The van der Waals surface area contributed by atoms with Gasteiger partial charge in [0.25, 0.3) is 0 Å². The van der Waals surface area contributed by atoms with Crippen LogP contribution in [0.2, 0.25) is 0 Å². The molecule has 0 saturated heterocycles. The Morgan fingerprint density at radius 2 is 1.88 bits per heavy atom. The van der Waals surface area contributed by atoms with Crippen molar-refractivity contribution in [2.45, 2.75) is 97.0 Å². The summed E-state index contributed by atoms with van der Waals surface area (Å²) in [6.45, 7) is 8.86. The molecule has 0 aromatic rings. The molecule has 4 saturated carbocycles. The van der Waals surface area contributed by atoms with Crippen LogP contribution < -0.4 is 0 Å². The highest BCUT2D eigenvalue weighted by atomic mass is 16.6. The first kappa shape index (κ1) is 24.3. The fourth-order valence-corrected chi connectivity index (χ4v) is 8.48. The zero-order valence-corrected chi connectivity index (χ0v) is 21.4. The molecular weight excluding hydrogens is 396 g/mol. The Kier molecular flexibility index (Phi) is 7.13. The lowest BCUT2D eigenvalue weighted by molar-refractivity contribution is -0.135. The second-order valence-electron chi connectivity index (χ2n) is 12.7. The molecule has 4 aliphatic carbocycles. The van der Waals surface area contributed by atoms with Crippen molar-refractivity contribution >= 4 is 6.21 Å². The Bertz CT molecular complexity index is 718. The van der Waals surface area contributed by atoms with Crippen LogP contribution >= 0.6 is 0 Å². The van der Waals surface area contributed by atoms with Gasteiger partial charge in [-0.2, -0.15) is 0 Å². The van der Waals surface area contributed by atoms with Gasteiger partial charge in [0.15, 0.2) is 0 Å². The predicted molar refractivity (Wildman–Crippen MR) is 133 cm³/mol. The van der Waals surface area contributed by atoms with Crippen LogP contribution in [0.25, 0.3) is 0 Å². The van der Waals surface area contributed by atoms with Gasteiger partial charge < -0.3 is 14.8 Å². The van der Waals surface area contributed by atoms with E-state index < -0.39 is 5.60 Å². The molecule has 0 aromatic carbocycles. The van der Waals surface area contributed by atoms with Crippen molar-refractivity contribution in [3.63, 3.8) is 0 Å². The molecular formula is C28H48N2O2.